The van der Waals surface area contributed by atoms with Crippen molar-refractivity contribution in [2.75, 3.05) is 60.6 Å². The minimum atomic E-state index is -5.08. The molecule has 0 bridgehead atoms. The molecule has 1 aromatic carbocycles. The molecule has 0 radical (unpaired) electrons. The minimum Gasteiger partial charge on any atom is -0.496 e. The van der Waals surface area contributed by atoms with Crippen molar-refractivity contribution in [1.82, 2.24) is 14.7 Å². The number of rotatable bonds is 10. The summed E-state index contributed by atoms with van der Waals surface area (Å²) < 4.78 is 54.6. The van der Waals surface area contributed by atoms with Crippen molar-refractivity contribution in [2.45, 2.75) is 102 Å². The first-order valence-electron chi connectivity index (χ1n) is 18.0. The Morgan fingerprint density at radius 1 is 0.940 bits per heavy atom. The van der Waals surface area contributed by atoms with E-state index in [9.17, 15) is 22.8 Å². The van der Waals surface area contributed by atoms with Gasteiger partial charge in [0.25, 0.3) is 5.91 Å². The lowest BCUT2D eigenvalue weighted by atomic mass is 9.75. The highest BCUT2D eigenvalue weighted by Crippen LogP contribution is 2.42. The van der Waals surface area contributed by atoms with E-state index in [-0.39, 0.29) is 17.6 Å². The number of halogens is 3. The van der Waals surface area contributed by atoms with E-state index < -0.39 is 12.1 Å². The van der Waals surface area contributed by atoms with Gasteiger partial charge in [0.2, 0.25) is 0 Å². The molecule has 5 rings (SSSR count). The third kappa shape index (κ3) is 9.67. The second-order valence-electron chi connectivity index (χ2n) is 14.0. The number of carboxylic acids is 1. The average Bonchev–Trinajstić information content (AvgIpc) is 3.12. The van der Waals surface area contributed by atoms with Crippen molar-refractivity contribution in [1.29, 1.82) is 0 Å². The fourth-order valence-corrected chi connectivity index (χ4v) is 8.05. The first-order valence-corrected chi connectivity index (χ1v) is 18.0. The van der Waals surface area contributed by atoms with E-state index in [0.29, 0.717) is 53.8 Å². The zero-order chi connectivity index (χ0) is 36.5. The molecule has 1 unspecified atom stereocenters. The lowest BCUT2D eigenvalue weighted by Gasteiger charge is -2.52. The molecular formula is C36H54F3N3O8. The Hall–Kier alpha value is -3.42. The van der Waals surface area contributed by atoms with E-state index in [4.69, 9.17) is 28.8 Å². The Kier molecular flexibility index (Phi) is 13.9. The Morgan fingerprint density at radius 2 is 1.52 bits per heavy atom. The van der Waals surface area contributed by atoms with Crippen LogP contribution in [0.25, 0.3) is 0 Å². The molecule has 11 nitrogen and oxygen atoms in total. The largest absolute Gasteiger partial charge is 0.496 e. The van der Waals surface area contributed by atoms with Crippen LogP contribution in [-0.4, -0.2) is 116 Å². The topological polar surface area (TPSA) is 118 Å². The summed E-state index contributed by atoms with van der Waals surface area (Å²) in [6.45, 7) is 7.24. The minimum absolute atomic E-state index is 0.0712. The van der Waals surface area contributed by atoms with Gasteiger partial charge in [0.1, 0.15) is 28.4 Å². The number of hydrogen-bond donors (Lipinski definition) is 1. The Bertz CT molecular complexity index is 1260. The molecule has 0 aromatic heterocycles. The summed E-state index contributed by atoms with van der Waals surface area (Å²) in [5.41, 5.74) is 0.114. The lowest BCUT2D eigenvalue weighted by molar-refractivity contribution is -0.192. The quantitative estimate of drug-likeness (QED) is 0.285. The lowest BCUT2D eigenvalue weighted by Crippen LogP contribution is -2.61. The summed E-state index contributed by atoms with van der Waals surface area (Å²) in [7, 11) is 4.70. The smallest absolute Gasteiger partial charge is 0.490 e. The average molecular weight is 714 g/mol. The maximum absolute atomic E-state index is 13.6. The Morgan fingerprint density at radius 3 is 2.02 bits per heavy atom. The summed E-state index contributed by atoms with van der Waals surface area (Å²) in [5, 5.41) is 7.12. The van der Waals surface area contributed by atoms with E-state index in [0.717, 1.165) is 58.3 Å². The number of methoxy groups -OCH3 is 3. The van der Waals surface area contributed by atoms with Gasteiger partial charge < -0.3 is 33.9 Å². The highest BCUT2D eigenvalue weighted by molar-refractivity contribution is 6.00. The molecule has 282 valence electrons. The van der Waals surface area contributed by atoms with Crippen LogP contribution in [0.2, 0.25) is 0 Å². The second-order valence-corrected chi connectivity index (χ2v) is 14.0. The van der Waals surface area contributed by atoms with E-state index in [1.54, 1.807) is 33.5 Å². The fraction of sp³-hybridized carbons (Fsp3) is 0.750. The molecule has 14 heteroatoms. The number of alkyl halides is 3. The molecule has 50 heavy (non-hydrogen) atoms. The number of hydrogen-bond acceptors (Lipinski definition) is 8. The number of unbranched alkanes of at least 4 members (excludes halogenated alkanes) is 1. The second kappa shape index (κ2) is 17.7. The standard InChI is InChI=1S/C34H53N3O6.C2HF3O2/c1-5-6-12-26-24-37(23-25-10-8-7-9-11-25)33(39)43-34(26)15-19-35(20-16-34)27-13-17-36(18-14-27)32(38)31-29(41-3)21-28(40-2)22-30(31)42-4;3-2(4,5)1(6)7/h21-22,25-27H,5-20,23-24H2,1-4H3;(H,6,7). The van der Waals surface area contributed by atoms with Gasteiger partial charge in [-0.05, 0) is 38.0 Å². The number of aliphatic carboxylic acids is 1. The number of carbonyl (C=O) groups is 3. The van der Waals surface area contributed by atoms with E-state index in [2.05, 4.69) is 11.8 Å². The summed E-state index contributed by atoms with van der Waals surface area (Å²) in [6.07, 6.45) is 8.39. The molecule has 1 aromatic rings. The monoisotopic (exact) mass is 713 g/mol. The zero-order valence-electron chi connectivity index (χ0n) is 29.9. The van der Waals surface area contributed by atoms with E-state index in [1.807, 2.05) is 9.80 Å². The van der Waals surface area contributed by atoms with Gasteiger partial charge in [0.05, 0.1) is 21.3 Å². The normalized spacial score (nSPS) is 22.0. The number of benzene rings is 1. The number of piperidine rings is 2. The molecule has 1 N–H and O–H groups in total. The predicted molar refractivity (Wildman–Crippen MR) is 180 cm³/mol. The van der Waals surface area contributed by atoms with Gasteiger partial charge in [-0.25, -0.2) is 9.59 Å². The molecule has 1 saturated carbocycles. The molecule has 4 fully saturated rings. The fourth-order valence-electron chi connectivity index (χ4n) is 8.05. The highest BCUT2D eigenvalue weighted by Gasteiger charge is 2.50. The molecule has 2 amide bonds. The number of amides is 2. The molecule has 1 atom stereocenters. The Labute approximate surface area is 293 Å². The molecule has 3 saturated heterocycles. The van der Waals surface area contributed by atoms with Gasteiger partial charge in [-0.15, -0.1) is 0 Å². The first-order chi connectivity index (χ1) is 23.8. The molecule has 1 aliphatic carbocycles. The summed E-state index contributed by atoms with van der Waals surface area (Å²) in [4.78, 5) is 42.4. The van der Waals surface area contributed by atoms with Gasteiger partial charge in [0, 0.05) is 76.2 Å². The number of likely N-dealkylation sites (tertiary alicyclic amines) is 2. The van der Waals surface area contributed by atoms with Crippen LogP contribution in [0.5, 0.6) is 17.2 Å². The van der Waals surface area contributed by atoms with Crippen molar-refractivity contribution in [3.63, 3.8) is 0 Å². The number of ether oxygens (including phenoxy) is 4. The highest BCUT2D eigenvalue weighted by atomic mass is 19.4. The molecule has 3 heterocycles. The van der Waals surface area contributed by atoms with Crippen LogP contribution in [0.1, 0.15) is 94.3 Å². The molecular weight excluding hydrogens is 659 g/mol. The summed E-state index contributed by atoms with van der Waals surface area (Å²) in [6, 6.07) is 3.89. The van der Waals surface area contributed by atoms with Crippen LogP contribution in [-0.2, 0) is 9.53 Å². The number of nitrogens with zero attached hydrogens (tertiary/aromatic N) is 3. The van der Waals surface area contributed by atoms with Crippen molar-refractivity contribution in [3.05, 3.63) is 17.7 Å². The molecule has 4 aliphatic rings. The Balaban J connectivity index is 0.000000727. The maximum atomic E-state index is 13.6. The summed E-state index contributed by atoms with van der Waals surface area (Å²) >= 11 is 0. The van der Waals surface area contributed by atoms with Crippen LogP contribution in [0.4, 0.5) is 18.0 Å². The van der Waals surface area contributed by atoms with Gasteiger partial charge in [0.15, 0.2) is 0 Å². The van der Waals surface area contributed by atoms with Crippen molar-refractivity contribution >= 4 is 18.0 Å². The third-order valence-corrected chi connectivity index (χ3v) is 10.9. The van der Waals surface area contributed by atoms with Gasteiger partial charge in [-0.2, -0.15) is 13.2 Å². The third-order valence-electron chi connectivity index (χ3n) is 10.9. The zero-order valence-corrected chi connectivity index (χ0v) is 29.9. The van der Waals surface area contributed by atoms with Crippen LogP contribution < -0.4 is 14.2 Å². The van der Waals surface area contributed by atoms with Gasteiger partial charge in [-0.3, -0.25) is 9.69 Å². The van der Waals surface area contributed by atoms with Gasteiger partial charge in [-0.1, -0.05) is 39.0 Å². The summed E-state index contributed by atoms with van der Waals surface area (Å²) in [5.74, 6) is -0.281. The van der Waals surface area contributed by atoms with Crippen molar-refractivity contribution < 1.29 is 51.6 Å². The maximum Gasteiger partial charge on any atom is 0.490 e. The first kappa shape index (κ1) is 39.4. The van der Waals surface area contributed by atoms with Crippen molar-refractivity contribution in [2.24, 2.45) is 11.8 Å². The number of carbonyl (C=O) groups excluding carboxylic acids is 2. The van der Waals surface area contributed by atoms with Gasteiger partial charge >= 0.3 is 18.2 Å². The molecule has 1 spiro atoms. The SMILES string of the molecule is CCCCC1CN(CC2CCCCC2)C(=O)OC12CCN(C1CCN(C(=O)c3c(OC)cc(OC)cc3OC)CC1)CC2.O=C(O)C(F)(F)F. The van der Waals surface area contributed by atoms with Crippen LogP contribution in [0.3, 0.4) is 0 Å². The van der Waals surface area contributed by atoms with E-state index in [1.165, 1.54) is 44.9 Å². The predicted octanol–water partition coefficient (Wildman–Crippen LogP) is 6.62. The van der Waals surface area contributed by atoms with Crippen LogP contribution in [0, 0.1) is 11.8 Å². The van der Waals surface area contributed by atoms with E-state index >= 15 is 0 Å². The number of carboxylic acid groups (broad SMARTS) is 1. The molecule has 3 aliphatic heterocycles. The van der Waals surface area contributed by atoms with Crippen molar-refractivity contribution in [3.8, 4) is 17.2 Å². The van der Waals surface area contributed by atoms with Crippen LogP contribution in [0.15, 0.2) is 12.1 Å². The van der Waals surface area contributed by atoms with Crippen LogP contribution >= 0.6 is 0 Å².